The first-order valence-corrected chi connectivity index (χ1v) is 16.6. The molecule has 232 valence electrons. The highest BCUT2D eigenvalue weighted by atomic mass is 15.0. The smallest absolute Gasteiger partial charge is 0.0544 e. The lowest BCUT2D eigenvalue weighted by Crippen LogP contribution is -2.16. The average molecular weight is 586 g/mol. The van der Waals surface area contributed by atoms with Crippen LogP contribution in [0.2, 0.25) is 0 Å². The van der Waals surface area contributed by atoms with Gasteiger partial charge in [-0.15, -0.1) is 0 Å². The van der Waals surface area contributed by atoms with Crippen LogP contribution >= 0.6 is 0 Å². The van der Waals surface area contributed by atoms with Crippen LogP contribution in [0.3, 0.4) is 0 Å². The zero-order valence-electron chi connectivity index (χ0n) is 30.0. The van der Waals surface area contributed by atoms with Crippen molar-refractivity contribution in [3.05, 3.63) is 101 Å². The van der Waals surface area contributed by atoms with Crippen LogP contribution in [0.25, 0.3) is 38.6 Å². The standard InChI is InChI=1S/C43H55N/c1-27(2)39-33(28-22-31(42(9,10)11)24-32(23-28)43(12,13)14)16-15-17-36(39)44-37-25-29(40(3,4)5)18-20-34(37)35-21-19-30(26-38(35)44)41(6,7)8/h15-27H,1-14H3. The molecule has 0 aliphatic heterocycles. The largest absolute Gasteiger partial charge is 0.309 e. The molecule has 1 aromatic heterocycles. The summed E-state index contributed by atoms with van der Waals surface area (Å²) in [4.78, 5) is 0. The van der Waals surface area contributed by atoms with Crippen molar-refractivity contribution in [2.45, 2.75) is 125 Å². The molecule has 0 saturated carbocycles. The molecular formula is C43H55N. The maximum absolute atomic E-state index is 2.58. The number of aromatic nitrogens is 1. The minimum Gasteiger partial charge on any atom is -0.309 e. The van der Waals surface area contributed by atoms with Crippen LogP contribution in [0.1, 0.15) is 131 Å². The van der Waals surface area contributed by atoms with Crippen LogP contribution in [-0.2, 0) is 21.7 Å². The van der Waals surface area contributed by atoms with Crippen molar-refractivity contribution in [2.24, 2.45) is 0 Å². The molecule has 1 heteroatoms. The van der Waals surface area contributed by atoms with Gasteiger partial charge in [-0.3, -0.25) is 0 Å². The summed E-state index contributed by atoms with van der Waals surface area (Å²) in [5.41, 5.74) is 13.7. The summed E-state index contributed by atoms with van der Waals surface area (Å²) < 4.78 is 2.58. The molecule has 0 unspecified atom stereocenters. The highest BCUT2D eigenvalue weighted by Gasteiger charge is 2.25. The number of rotatable bonds is 3. The second-order valence-corrected chi connectivity index (χ2v) is 17.5. The van der Waals surface area contributed by atoms with Gasteiger partial charge in [0, 0.05) is 10.8 Å². The Labute approximate surface area is 267 Å². The van der Waals surface area contributed by atoms with E-state index in [1.54, 1.807) is 0 Å². The zero-order chi connectivity index (χ0) is 32.6. The van der Waals surface area contributed by atoms with E-state index in [0.29, 0.717) is 5.92 Å². The summed E-state index contributed by atoms with van der Waals surface area (Å²) in [6.07, 6.45) is 0. The quantitative estimate of drug-likeness (QED) is 0.198. The molecule has 5 aromatic rings. The van der Waals surface area contributed by atoms with Gasteiger partial charge in [-0.25, -0.2) is 0 Å². The molecule has 0 atom stereocenters. The molecule has 0 aliphatic carbocycles. The fourth-order valence-corrected chi connectivity index (χ4v) is 6.47. The van der Waals surface area contributed by atoms with Crippen molar-refractivity contribution in [1.29, 1.82) is 0 Å². The van der Waals surface area contributed by atoms with E-state index in [0.717, 1.165) is 0 Å². The van der Waals surface area contributed by atoms with Crippen molar-refractivity contribution in [3.8, 4) is 16.8 Å². The van der Waals surface area contributed by atoms with Crippen LogP contribution in [0.5, 0.6) is 0 Å². The lowest BCUT2D eigenvalue weighted by molar-refractivity contribution is 0.569. The molecular weight excluding hydrogens is 530 g/mol. The van der Waals surface area contributed by atoms with Gasteiger partial charge in [0.1, 0.15) is 0 Å². The Hall–Kier alpha value is -3.32. The molecule has 4 aromatic carbocycles. The van der Waals surface area contributed by atoms with Crippen molar-refractivity contribution >= 4 is 21.8 Å². The van der Waals surface area contributed by atoms with E-state index >= 15 is 0 Å². The summed E-state index contributed by atoms with van der Waals surface area (Å²) in [6.45, 7) is 32.6. The minimum atomic E-state index is 0.0607. The SMILES string of the molecule is CC(C)c1c(-c2cc(C(C)(C)C)cc(C(C)(C)C)c2)cccc1-n1c2cc(C(C)(C)C)ccc2c2ccc(C(C)(C)C)cc21. The molecule has 1 heterocycles. The molecule has 44 heavy (non-hydrogen) atoms. The lowest BCUT2D eigenvalue weighted by Gasteiger charge is -2.28. The van der Waals surface area contributed by atoms with Gasteiger partial charge in [0.25, 0.3) is 0 Å². The Morgan fingerprint density at radius 1 is 0.477 bits per heavy atom. The molecule has 1 nitrogen and oxygen atoms in total. The fraction of sp³-hybridized carbons (Fsp3) is 0.442. The van der Waals surface area contributed by atoms with Crippen LogP contribution in [0, 0.1) is 0 Å². The van der Waals surface area contributed by atoms with E-state index < -0.39 is 0 Å². The van der Waals surface area contributed by atoms with Crippen LogP contribution in [0.15, 0.2) is 72.8 Å². The van der Waals surface area contributed by atoms with Crippen LogP contribution in [0.4, 0.5) is 0 Å². The van der Waals surface area contributed by atoms with Gasteiger partial charge in [0.15, 0.2) is 0 Å². The van der Waals surface area contributed by atoms with E-state index in [1.165, 1.54) is 66.4 Å². The third kappa shape index (κ3) is 5.88. The second kappa shape index (κ2) is 10.6. The summed E-state index contributed by atoms with van der Waals surface area (Å²) in [5, 5.41) is 2.64. The molecule has 0 fully saturated rings. The normalized spacial score (nSPS) is 13.4. The Morgan fingerprint density at radius 2 is 0.909 bits per heavy atom. The first-order chi connectivity index (χ1) is 20.2. The fourth-order valence-electron chi connectivity index (χ4n) is 6.47. The van der Waals surface area contributed by atoms with Gasteiger partial charge in [-0.2, -0.15) is 0 Å². The highest BCUT2D eigenvalue weighted by molar-refractivity contribution is 6.10. The molecule has 0 saturated heterocycles. The Bertz CT molecular complexity index is 1740. The van der Waals surface area contributed by atoms with E-state index in [4.69, 9.17) is 0 Å². The Morgan fingerprint density at radius 3 is 1.30 bits per heavy atom. The number of hydrogen-bond donors (Lipinski definition) is 0. The van der Waals surface area contributed by atoms with Crippen LogP contribution in [-0.4, -0.2) is 4.57 Å². The maximum atomic E-state index is 2.58. The van der Waals surface area contributed by atoms with Crippen molar-refractivity contribution in [1.82, 2.24) is 4.57 Å². The third-order valence-electron chi connectivity index (χ3n) is 9.38. The van der Waals surface area contributed by atoms with Gasteiger partial charge in [0.05, 0.1) is 16.7 Å². The molecule has 0 radical (unpaired) electrons. The zero-order valence-corrected chi connectivity index (χ0v) is 30.0. The molecule has 0 aliphatic rings. The number of hydrogen-bond acceptors (Lipinski definition) is 0. The van der Waals surface area contributed by atoms with Crippen LogP contribution < -0.4 is 0 Å². The van der Waals surface area contributed by atoms with E-state index in [9.17, 15) is 0 Å². The number of benzene rings is 4. The number of fused-ring (bicyclic) bond motifs is 3. The Kier molecular flexibility index (Phi) is 7.76. The van der Waals surface area contributed by atoms with Crippen molar-refractivity contribution in [3.63, 3.8) is 0 Å². The molecule has 5 rings (SSSR count). The topological polar surface area (TPSA) is 4.93 Å². The van der Waals surface area contributed by atoms with E-state index in [-0.39, 0.29) is 21.7 Å². The molecule has 0 amide bonds. The monoisotopic (exact) mass is 585 g/mol. The van der Waals surface area contributed by atoms with E-state index in [1.807, 2.05) is 0 Å². The average Bonchev–Trinajstić information content (AvgIpc) is 3.23. The van der Waals surface area contributed by atoms with Gasteiger partial charge in [-0.05, 0) is 84.7 Å². The summed E-state index contributed by atoms with van der Waals surface area (Å²) in [5.74, 6) is 0.335. The van der Waals surface area contributed by atoms with Crippen molar-refractivity contribution < 1.29 is 0 Å². The summed E-state index contributed by atoms with van der Waals surface area (Å²) in [7, 11) is 0. The predicted octanol–water partition coefficient (Wildman–Crippen LogP) is 12.8. The third-order valence-corrected chi connectivity index (χ3v) is 9.38. The highest BCUT2D eigenvalue weighted by Crippen LogP contribution is 2.43. The molecule has 0 spiro atoms. The Balaban J connectivity index is 1.92. The van der Waals surface area contributed by atoms with Gasteiger partial charge in [-0.1, -0.05) is 152 Å². The minimum absolute atomic E-state index is 0.0607. The first-order valence-electron chi connectivity index (χ1n) is 16.6. The summed E-state index contributed by atoms with van der Waals surface area (Å²) in [6, 6.07) is 28.6. The van der Waals surface area contributed by atoms with Crippen molar-refractivity contribution in [2.75, 3.05) is 0 Å². The van der Waals surface area contributed by atoms with Gasteiger partial charge in [0.2, 0.25) is 0 Å². The van der Waals surface area contributed by atoms with E-state index in [2.05, 4.69) is 174 Å². The summed E-state index contributed by atoms with van der Waals surface area (Å²) >= 11 is 0. The first kappa shape index (κ1) is 32.1. The van der Waals surface area contributed by atoms with Gasteiger partial charge < -0.3 is 4.57 Å². The molecule has 0 bridgehead atoms. The number of nitrogens with zero attached hydrogens (tertiary/aromatic N) is 1. The lowest BCUT2D eigenvalue weighted by atomic mass is 9.78. The molecule has 0 N–H and O–H groups in total. The maximum Gasteiger partial charge on any atom is 0.0544 e. The second-order valence-electron chi connectivity index (χ2n) is 17.5. The van der Waals surface area contributed by atoms with Gasteiger partial charge >= 0.3 is 0 Å². The predicted molar refractivity (Wildman–Crippen MR) is 195 cm³/mol.